The number of fused-ring (bicyclic) bond motifs is 1. The van der Waals surface area contributed by atoms with Crippen LogP contribution in [0.4, 0.5) is 0 Å². The maximum atomic E-state index is 12.4. The molecule has 6 nitrogen and oxygen atoms in total. The van der Waals surface area contributed by atoms with Crippen LogP contribution in [0, 0.1) is 6.92 Å². The first-order valence-corrected chi connectivity index (χ1v) is 8.40. The second-order valence-electron chi connectivity index (χ2n) is 6.53. The van der Waals surface area contributed by atoms with Crippen molar-refractivity contribution in [2.75, 3.05) is 6.61 Å². The van der Waals surface area contributed by atoms with E-state index in [4.69, 9.17) is 4.74 Å². The van der Waals surface area contributed by atoms with Crippen molar-refractivity contribution in [2.45, 2.75) is 52.1 Å². The van der Waals surface area contributed by atoms with Crippen LogP contribution in [0.2, 0.25) is 0 Å². The average molecular weight is 329 g/mol. The Kier molecular flexibility index (Phi) is 4.55. The van der Waals surface area contributed by atoms with Crippen molar-refractivity contribution in [3.8, 4) is 0 Å². The number of piperidine rings is 1. The Balaban J connectivity index is 1.66. The second-order valence-corrected chi connectivity index (χ2v) is 6.53. The van der Waals surface area contributed by atoms with Gasteiger partial charge in [-0.05, 0) is 52.2 Å². The van der Waals surface area contributed by atoms with Crippen LogP contribution in [-0.2, 0) is 9.53 Å². The van der Waals surface area contributed by atoms with Gasteiger partial charge in [0.15, 0.2) is 12.3 Å². The van der Waals surface area contributed by atoms with E-state index in [0.29, 0.717) is 5.65 Å². The SMILES string of the molecule is Cc1cccc2nc(C(=O)OCC(=O)N3[C@@H](C)CCC[C@@H]3C)cn12. The van der Waals surface area contributed by atoms with Crippen LogP contribution in [0.1, 0.15) is 49.3 Å². The van der Waals surface area contributed by atoms with Crippen molar-refractivity contribution in [1.29, 1.82) is 0 Å². The molecule has 128 valence electrons. The van der Waals surface area contributed by atoms with E-state index in [1.807, 2.05) is 48.3 Å². The Morgan fingerprint density at radius 2 is 1.96 bits per heavy atom. The predicted octanol–water partition coefficient (Wildman–Crippen LogP) is 2.59. The molecule has 1 saturated heterocycles. The van der Waals surface area contributed by atoms with E-state index in [1.165, 1.54) is 0 Å². The Hall–Kier alpha value is -2.37. The Morgan fingerprint density at radius 3 is 2.62 bits per heavy atom. The molecule has 0 radical (unpaired) electrons. The molecule has 2 aromatic rings. The normalized spacial score (nSPS) is 21.0. The summed E-state index contributed by atoms with van der Waals surface area (Å²) in [5.41, 5.74) is 1.88. The zero-order chi connectivity index (χ0) is 17.3. The summed E-state index contributed by atoms with van der Waals surface area (Å²) in [6.45, 7) is 5.79. The summed E-state index contributed by atoms with van der Waals surface area (Å²) in [5, 5.41) is 0. The summed E-state index contributed by atoms with van der Waals surface area (Å²) in [5.74, 6) is -0.702. The van der Waals surface area contributed by atoms with Gasteiger partial charge in [-0.25, -0.2) is 9.78 Å². The summed E-state index contributed by atoms with van der Waals surface area (Å²) >= 11 is 0. The number of imidazole rings is 1. The molecule has 2 atom stereocenters. The molecule has 0 aromatic carbocycles. The molecule has 6 heteroatoms. The maximum Gasteiger partial charge on any atom is 0.359 e. The van der Waals surface area contributed by atoms with Gasteiger partial charge in [0, 0.05) is 24.0 Å². The third kappa shape index (κ3) is 3.13. The van der Waals surface area contributed by atoms with Crippen LogP contribution in [0.15, 0.2) is 24.4 Å². The standard InChI is InChI=1S/C18H23N3O3/c1-12-6-5-9-16-19-15(10-20(12)16)18(23)24-11-17(22)21-13(2)7-4-8-14(21)3/h5-6,9-10,13-14H,4,7-8,11H2,1-3H3/t13-,14-/m0/s1. The fourth-order valence-corrected chi connectivity index (χ4v) is 3.44. The number of carbonyl (C=O) groups excluding carboxylic acids is 2. The molecular formula is C18H23N3O3. The van der Waals surface area contributed by atoms with E-state index in [0.717, 1.165) is 25.0 Å². The maximum absolute atomic E-state index is 12.4. The van der Waals surface area contributed by atoms with E-state index in [-0.39, 0.29) is 30.3 Å². The Morgan fingerprint density at radius 1 is 1.25 bits per heavy atom. The fourth-order valence-electron chi connectivity index (χ4n) is 3.44. The number of rotatable bonds is 3. The number of hydrogen-bond donors (Lipinski definition) is 0. The molecule has 0 bridgehead atoms. The van der Waals surface area contributed by atoms with Gasteiger partial charge in [-0.15, -0.1) is 0 Å². The number of ether oxygens (including phenoxy) is 1. The number of likely N-dealkylation sites (tertiary alicyclic amines) is 1. The molecule has 1 aliphatic rings. The second kappa shape index (κ2) is 6.63. The lowest BCUT2D eigenvalue weighted by Gasteiger charge is -2.38. The van der Waals surface area contributed by atoms with Gasteiger partial charge in [0.25, 0.3) is 5.91 Å². The number of pyridine rings is 1. The minimum Gasteiger partial charge on any atom is -0.451 e. The van der Waals surface area contributed by atoms with Crippen molar-refractivity contribution in [2.24, 2.45) is 0 Å². The van der Waals surface area contributed by atoms with Crippen molar-refractivity contribution in [1.82, 2.24) is 14.3 Å². The fraction of sp³-hybridized carbons (Fsp3) is 0.500. The van der Waals surface area contributed by atoms with Crippen molar-refractivity contribution in [3.05, 3.63) is 35.8 Å². The highest BCUT2D eigenvalue weighted by atomic mass is 16.5. The van der Waals surface area contributed by atoms with Gasteiger partial charge >= 0.3 is 5.97 Å². The highest BCUT2D eigenvalue weighted by molar-refractivity contribution is 5.90. The summed E-state index contributed by atoms with van der Waals surface area (Å²) in [6, 6.07) is 6.03. The minimum atomic E-state index is -0.566. The molecule has 0 spiro atoms. The van der Waals surface area contributed by atoms with Crippen LogP contribution >= 0.6 is 0 Å². The lowest BCUT2D eigenvalue weighted by molar-refractivity contribution is -0.140. The quantitative estimate of drug-likeness (QED) is 0.812. The zero-order valence-corrected chi connectivity index (χ0v) is 14.4. The molecular weight excluding hydrogens is 306 g/mol. The number of aromatic nitrogens is 2. The smallest absolute Gasteiger partial charge is 0.359 e. The van der Waals surface area contributed by atoms with Gasteiger partial charge in [0.1, 0.15) is 5.65 Å². The summed E-state index contributed by atoms with van der Waals surface area (Å²) in [6.07, 6.45) is 4.77. The van der Waals surface area contributed by atoms with E-state index in [9.17, 15) is 9.59 Å². The molecule has 3 rings (SSSR count). The molecule has 0 unspecified atom stereocenters. The Bertz CT molecular complexity index is 758. The van der Waals surface area contributed by atoms with Crippen LogP contribution in [-0.4, -0.2) is 44.9 Å². The number of aryl methyl sites for hydroxylation is 1. The Labute approximate surface area is 141 Å². The van der Waals surface area contributed by atoms with Crippen molar-refractivity contribution < 1.29 is 14.3 Å². The van der Waals surface area contributed by atoms with Crippen molar-refractivity contribution >= 4 is 17.5 Å². The molecule has 1 amide bonds. The number of amides is 1. The summed E-state index contributed by atoms with van der Waals surface area (Å²) in [7, 11) is 0. The van der Waals surface area contributed by atoms with Crippen LogP contribution in [0.25, 0.3) is 5.65 Å². The summed E-state index contributed by atoms with van der Waals surface area (Å²) < 4.78 is 7.03. The summed E-state index contributed by atoms with van der Waals surface area (Å²) in [4.78, 5) is 30.7. The number of esters is 1. The van der Waals surface area contributed by atoms with Gasteiger partial charge in [-0.2, -0.15) is 0 Å². The van der Waals surface area contributed by atoms with Gasteiger partial charge < -0.3 is 14.0 Å². The van der Waals surface area contributed by atoms with Crippen LogP contribution < -0.4 is 0 Å². The molecule has 0 saturated carbocycles. The van der Waals surface area contributed by atoms with Gasteiger partial charge in [-0.3, -0.25) is 4.79 Å². The first kappa shape index (κ1) is 16.5. The van der Waals surface area contributed by atoms with Crippen LogP contribution in [0.5, 0.6) is 0 Å². The molecule has 3 heterocycles. The molecule has 1 aliphatic heterocycles. The van der Waals surface area contributed by atoms with E-state index in [1.54, 1.807) is 6.20 Å². The third-order valence-corrected chi connectivity index (χ3v) is 4.71. The zero-order valence-electron chi connectivity index (χ0n) is 14.4. The lowest BCUT2D eigenvalue weighted by Crippen LogP contribution is -2.49. The predicted molar refractivity (Wildman–Crippen MR) is 89.8 cm³/mol. The van der Waals surface area contributed by atoms with Gasteiger partial charge in [-0.1, -0.05) is 6.07 Å². The lowest BCUT2D eigenvalue weighted by atomic mass is 9.97. The van der Waals surface area contributed by atoms with E-state index < -0.39 is 5.97 Å². The van der Waals surface area contributed by atoms with Crippen molar-refractivity contribution in [3.63, 3.8) is 0 Å². The molecule has 1 fully saturated rings. The van der Waals surface area contributed by atoms with E-state index >= 15 is 0 Å². The largest absolute Gasteiger partial charge is 0.451 e. The average Bonchev–Trinajstić information content (AvgIpc) is 2.98. The first-order valence-electron chi connectivity index (χ1n) is 8.40. The minimum absolute atomic E-state index is 0.136. The van der Waals surface area contributed by atoms with E-state index in [2.05, 4.69) is 4.98 Å². The first-order chi connectivity index (χ1) is 11.5. The molecule has 0 aliphatic carbocycles. The van der Waals surface area contributed by atoms with Gasteiger partial charge in [0.05, 0.1) is 0 Å². The highest BCUT2D eigenvalue weighted by Gasteiger charge is 2.29. The molecule has 0 N–H and O–H groups in total. The highest BCUT2D eigenvalue weighted by Crippen LogP contribution is 2.22. The molecule has 2 aromatic heterocycles. The van der Waals surface area contributed by atoms with Gasteiger partial charge in [0.2, 0.25) is 0 Å². The topological polar surface area (TPSA) is 63.9 Å². The third-order valence-electron chi connectivity index (χ3n) is 4.71. The monoisotopic (exact) mass is 329 g/mol. The number of nitrogens with zero attached hydrogens (tertiary/aromatic N) is 3. The number of carbonyl (C=O) groups is 2. The van der Waals surface area contributed by atoms with Crippen LogP contribution in [0.3, 0.4) is 0 Å². The molecule has 24 heavy (non-hydrogen) atoms. The number of hydrogen-bond acceptors (Lipinski definition) is 4.